The second-order valence-corrected chi connectivity index (χ2v) is 10.00. The number of thiophene rings is 1. The summed E-state index contributed by atoms with van der Waals surface area (Å²) in [5.41, 5.74) is 8.27. The van der Waals surface area contributed by atoms with Crippen LogP contribution in [0.3, 0.4) is 0 Å². The number of nitrogens with zero attached hydrogens (tertiary/aromatic N) is 2. The van der Waals surface area contributed by atoms with Gasteiger partial charge in [-0.2, -0.15) is 0 Å². The average molecular weight is 457 g/mol. The molecule has 1 amide bonds. The van der Waals surface area contributed by atoms with E-state index in [9.17, 15) is 4.79 Å². The maximum Gasteiger partial charge on any atom is 0.234 e. The normalized spacial score (nSPS) is 17.8. The van der Waals surface area contributed by atoms with Gasteiger partial charge < -0.3 is 20.5 Å². The molecule has 0 saturated heterocycles. The number of nitrogen functional groups attached to an aromatic ring is 1. The predicted octanol–water partition coefficient (Wildman–Crippen LogP) is 4.29. The highest BCUT2D eigenvalue weighted by atomic mass is 32.2. The van der Waals surface area contributed by atoms with Gasteiger partial charge in [0.1, 0.15) is 10.6 Å². The zero-order valence-corrected chi connectivity index (χ0v) is 18.9. The number of thioether (sulfide) groups is 1. The van der Waals surface area contributed by atoms with Crippen LogP contribution in [0.1, 0.15) is 30.2 Å². The maximum atomic E-state index is 12.5. The standard InChI is InChI=1S/C22H24N4O3S2/c1-12-3-5-14-17(9-12)31-21-19(14)20(23)25-22(26-21)30-11-18(27)24-13-4-6-15-16(10-13)29-8-2-7-28-15/h4,6,10,12H,2-3,5,7-9,11H2,1H3,(H,24,27)(H2,23,25,26). The van der Waals surface area contributed by atoms with Crippen molar-refractivity contribution in [3.63, 3.8) is 0 Å². The van der Waals surface area contributed by atoms with E-state index in [1.54, 1.807) is 17.4 Å². The fourth-order valence-electron chi connectivity index (χ4n) is 3.98. The number of rotatable bonds is 4. The Bertz CT molecular complexity index is 1150. The molecule has 0 radical (unpaired) electrons. The molecule has 2 aliphatic rings. The molecule has 2 aromatic heterocycles. The minimum atomic E-state index is -0.138. The number of aryl methyl sites for hydroxylation is 1. The van der Waals surface area contributed by atoms with E-state index in [-0.39, 0.29) is 11.7 Å². The van der Waals surface area contributed by atoms with E-state index >= 15 is 0 Å². The van der Waals surface area contributed by atoms with Gasteiger partial charge in [0.25, 0.3) is 0 Å². The van der Waals surface area contributed by atoms with Crippen LogP contribution in [-0.4, -0.2) is 34.8 Å². The predicted molar refractivity (Wildman–Crippen MR) is 124 cm³/mol. The van der Waals surface area contributed by atoms with E-state index < -0.39 is 0 Å². The molecule has 31 heavy (non-hydrogen) atoms. The number of nitrogens with two attached hydrogens (primary N) is 1. The smallest absolute Gasteiger partial charge is 0.234 e. The quantitative estimate of drug-likeness (QED) is 0.446. The van der Waals surface area contributed by atoms with Gasteiger partial charge in [-0.25, -0.2) is 9.97 Å². The Balaban J connectivity index is 1.26. The van der Waals surface area contributed by atoms with Crippen molar-refractivity contribution in [2.45, 2.75) is 37.8 Å². The molecule has 1 aromatic carbocycles. The van der Waals surface area contributed by atoms with E-state index in [0.29, 0.717) is 47.3 Å². The van der Waals surface area contributed by atoms with E-state index in [2.05, 4.69) is 22.2 Å². The summed E-state index contributed by atoms with van der Waals surface area (Å²) in [5.74, 6) is 2.62. The monoisotopic (exact) mass is 456 g/mol. The number of fused-ring (bicyclic) bond motifs is 4. The Morgan fingerprint density at radius 3 is 3.00 bits per heavy atom. The van der Waals surface area contributed by atoms with E-state index in [1.165, 1.54) is 28.6 Å². The number of aromatic nitrogens is 2. The number of hydrogen-bond donors (Lipinski definition) is 2. The molecular formula is C22H24N4O3S2. The molecule has 1 atom stereocenters. The summed E-state index contributed by atoms with van der Waals surface area (Å²) in [7, 11) is 0. The highest BCUT2D eigenvalue weighted by molar-refractivity contribution is 7.99. The molecule has 7 nitrogen and oxygen atoms in total. The van der Waals surface area contributed by atoms with Crippen LogP contribution < -0.4 is 20.5 Å². The van der Waals surface area contributed by atoms with Gasteiger partial charge in [0.2, 0.25) is 5.91 Å². The third-order valence-corrected chi connectivity index (χ3v) is 7.52. The van der Waals surface area contributed by atoms with Gasteiger partial charge in [0.05, 0.1) is 24.4 Å². The summed E-state index contributed by atoms with van der Waals surface area (Å²) >= 11 is 3.00. The van der Waals surface area contributed by atoms with Crippen LogP contribution in [0.5, 0.6) is 11.5 Å². The molecule has 5 rings (SSSR count). The summed E-state index contributed by atoms with van der Waals surface area (Å²) in [6.45, 7) is 3.52. The SMILES string of the molecule is CC1CCc2c(sc3nc(SCC(=O)Nc4ccc5c(c4)OCCCO5)nc(N)c23)C1. The van der Waals surface area contributed by atoms with Gasteiger partial charge in [0.15, 0.2) is 16.7 Å². The number of benzene rings is 1. The molecule has 1 aliphatic carbocycles. The Morgan fingerprint density at radius 1 is 1.29 bits per heavy atom. The van der Waals surface area contributed by atoms with Crippen LogP contribution in [0.4, 0.5) is 11.5 Å². The zero-order valence-electron chi connectivity index (χ0n) is 17.3. The molecule has 1 aliphatic heterocycles. The van der Waals surface area contributed by atoms with E-state index in [0.717, 1.165) is 29.5 Å². The third kappa shape index (κ3) is 4.29. The Kier molecular flexibility index (Phi) is 5.62. The highest BCUT2D eigenvalue weighted by Gasteiger charge is 2.23. The number of nitrogens with one attached hydrogen (secondary N) is 1. The van der Waals surface area contributed by atoms with Gasteiger partial charge in [-0.15, -0.1) is 11.3 Å². The molecule has 162 valence electrons. The molecule has 0 spiro atoms. The summed E-state index contributed by atoms with van der Waals surface area (Å²) in [6.07, 6.45) is 4.13. The molecule has 0 fully saturated rings. The van der Waals surface area contributed by atoms with Crippen LogP contribution in [0, 0.1) is 5.92 Å². The molecule has 0 bridgehead atoms. The highest BCUT2D eigenvalue weighted by Crippen LogP contribution is 2.40. The molecular weight excluding hydrogens is 432 g/mol. The lowest BCUT2D eigenvalue weighted by Crippen LogP contribution is -2.14. The number of ether oxygens (including phenoxy) is 2. The molecule has 3 heterocycles. The molecule has 3 aromatic rings. The van der Waals surface area contributed by atoms with E-state index in [4.69, 9.17) is 15.2 Å². The van der Waals surface area contributed by atoms with Crippen LogP contribution in [0.25, 0.3) is 10.2 Å². The second kappa shape index (κ2) is 8.55. The van der Waals surface area contributed by atoms with Crippen LogP contribution in [0.15, 0.2) is 23.4 Å². The minimum Gasteiger partial charge on any atom is -0.490 e. The first-order valence-corrected chi connectivity index (χ1v) is 12.3. The first-order chi connectivity index (χ1) is 15.1. The van der Waals surface area contributed by atoms with Crippen molar-refractivity contribution in [2.75, 3.05) is 30.0 Å². The van der Waals surface area contributed by atoms with Crippen LogP contribution in [-0.2, 0) is 17.6 Å². The largest absolute Gasteiger partial charge is 0.490 e. The number of hydrogen-bond acceptors (Lipinski definition) is 8. The Labute approximate surface area is 188 Å². The summed E-state index contributed by atoms with van der Waals surface area (Å²) < 4.78 is 11.3. The van der Waals surface area contributed by atoms with Gasteiger partial charge in [-0.05, 0) is 42.9 Å². The number of amides is 1. The van der Waals surface area contributed by atoms with Crippen molar-refractivity contribution in [3.05, 3.63) is 28.6 Å². The lowest BCUT2D eigenvalue weighted by molar-refractivity contribution is -0.113. The van der Waals surface area contributed by atoms with Crippen molar-refractivity contribution < 1.29 is 14.3 Å². The van der Waals surface area contributed by atoms with Gasteiger partial charge >= 0.3 is 0 Å². The van der Waals surface area contributed by atoms with Crippen molar-refractivity contribution in [2.24, 2.45) is 5.92 Å². The molecule has 3 N–H and O–H groups in total. The third-order valence-electron chi connectivity index (χ3n) is 5.53. The molecule has 0 saturated carbocycles. The van der Waals surface area contributed by atoms with Crippen molar-refractivity contribution >= 4 is 50.7 Å². The summed E-state index contributed by atoms with van der Waals surface area (Å²) in [6, 6.07) is 5.43. The number of carbonyl (C=O) groups excluding carboxylic acids is 1. The van der Waals surface area contributed by atoms with Crippen LogP contribution >= 0.6 is 23.1 Å². The molecule has 1 unspecified atom stereocenters. The second-order valence-electron chi connectivity index (χ2n) is 7.97. The first-order valence-electron chi connectivity index (χ1n) is 10.5. The van der Waals surface area contributed by atoms with Crippen LogP contribution in [0.2, 0.25) is 0 Å². The summed E-state index contributed by atoms with van der Waals surface area (Å²) in [4.78, 5) is 23.9. The van der Waals surface area contributed by atoms with Gasteiger partial charge in [0, 0.05) is 23.1 Å². The fourth-order valence-corrected chi connectivity index (χ4v) is 6.08. The number of anilines is 2. The minimum absolute atomic E-state index is 0.138. The van der Waals surface area contributed by atoms with Gasteiger partial charge in [-0.3, -0.25) is 4.79 Å². The van der Waals surface area contributed by atoms with Crippen molar-refractivity contribution in [1.82, 2.24) is 9.97 Å². The van der Waals surface area contributed by atoms with E-state index in [1.807, 2.05) is 12.1 Å². The van der Waals surface area contributed by atoms with Gasteiger partial charge in [-0.1, -0.05) is 18.7 Å². The molecule has 9 heteroatoms. The Hall–Kier alpha value is -2.52. The van der Waals surface area contributed by atoms with Crippen molar-refractivity contribution in [3.8, 4) is 11.5 Å². The lowest BCUT2D eigenvalue weighted by Gasteiger charge is -2.17. The Morgan fingerprint density at radius 2 is 2.13 bits per heavy atom. The topological polar surface area (TPSA) is 99.4 Å². The maximum absolute atomic E-state index is 12.5. The summed E-state index contributed by atoms with van der Waals surface area (Å²) in [5, 5.41) is 4.44. The average Bonchev–Trinajstić information content (AvgIpc) is 2.94. The van der Waals surface area contributed by atoms with Crippen molar-refractivity contribution in [1.29, 1.82) is 0 Å². The first kappa shape index (κ1) is 20.4. The lowest BCUT2D eigenvalue weighted by atomic mass is 9.89. The fraction of sp³-hybridized carbons (Fsp3) is 0.409. The number of carbonyl (C=O) groups is 1. The zero-order chi connectivity index (χ0) is 21.4.